The average Bonchev–Trinajstić information content (AvgIpc) is 3.94. The fourth-order valence-corrected chi connectivity index (χ4v) is 4.45. The van der Waals surface area contributed by atoms with Gasteiger partial charge in [0.2, 0.25) is 0 Å². The molecule has 0 amide bonds. The number of carboxylic acid groups (broad SMARTS) is 1. The van der Waals surface area contributed by atoms with Crippen molar-refractivity contribution in [2.75, 3.05) is 0 Å². The minimum atomic E-state index is -0.925. The van der Waals surface area contributed by atoms with E-state index in [9.17, 15) is 4.79 Å². The lowest BCUT2D eigenvalue weighted by Crippen LogP contribution is -1.94. The largest absolute Gasteiger partial charge is 0.478 e. The highest BCUT2D eigenvalue weighted by Gasteiger charge is 2.04. The van der Waals surface area contributed by atoms with E-state index >= 15 is 0 Å². The van der Waals surface area contributed by atoms with Crippen molar-refractivity contribution in [2.24, 2.45) is 10.8 Å². The van der Waals surface area contributed by atoms with Crippen molar-refractivity contribution >= 4 is 50.1 Å². The molecular formula is C32H30N12O3. The molecule has 8 N–H and O–H groups in total. The molecule has 0 atom stereocenters. The minimum absolute atomic E-state index is 0.0783. The molecule has 0 bridgehead atoms. The number of aliphatic hydroxyl groups is 1. The Hall–Kier alpha value is -6.54. The number of hydrogen-bond acceptors (Lipinski definition) is 8. The highest BCUT2D eigenvalue weighted by Crippen LogP contribution is 2.14. The normalized spacial score (nSPS) is 10.3. The van der Waals surface area contributed by atoms with Crippen LogP contribution >= 0.6 is 0 Å². The fraction of sp³-hybridized carbons (Fsp3) is 0.0938. The van der Waals surface area contributed by atoms with E-state index in [-0.39, 0.29) is 12.2 Å². The first kappa shape index (κ1) is 31.9. The first-order chi connectivity index (χ1) is 23.0. The molecule has 4 aromatic carbocycles. The summed E-state index contributed by atoms with van der Waals surface area (Å²) >= 11 is 0. The second kappa shape index (κ2) is 15.5. The van der Waals surface area contributed by atoms with Crippen LogP contribution in [-0.4, -0.2) is 56.1 Å². The molecule has 0 saturated carbocycles. The number of hydrogen-bond donors (Lipinski definition) is 7. The van der Waals surface area contributed by atoms with Gasteiger partial charge in [0.25, 0.3) is 0 Å². The summed E-state index contributed by atoms with van der Waals surface area (Å²) in [5, 5.41) is 20.9. The molecule has 4 aromatic heterocycles. The number of carboxylic acids is 1. The van der Waals surface area contributed by atoms with Crippen LogP contribution in [0.25, 0.3) is 54.6 Å². The molecule has 236 valence electrons. The van der Waals surface area contributed by atoms with Crippen molar-refractivity contribution in [3.05, 3.63) is 131 Å². The molecule has 15 nitrogen and oxygen atoms in total. The summed E-state index contributed by atoms with van der Waals surface area (Å²) in [6, 6.07) is 22.1. The van der Waals surface area contributed by atoms with Crippen LogP contribution in [0.1, 0.15) is 27.0 Å². The van der Waals surface area contributed by atoms with Gasteiger partial charge < -0.3 is 35.9 Å². The Morgan fingerprint density at radius 1 is 0.681 bits per heavy atom. The first-order valence-corrected chi connectivity index (χ1v) is 14.2. The number of aromatic carboxylic acids is 1. The molecule has 0 aliphatic heterocycles. The summed E-state index contributed by atoms with van der Waals surface area (Å²) in [5.41, 5.74) is 24.2. The highest BCUT2D eigenvalue weighted by molar-refractivity contribution is 5.92. The Morgan fingerprint density at radius 3 is 1.57 bits per heavy atom. The molecule has 47 heavy (non-hydrogen) atoms. The zero-order valence-electron chi connectivity index (χ0n) is 24.9. The number of benzene rings is 4. The average molecular weight is 631 g/mol. The quantitative estimate of drug-likeness (QED) is 0.0703. The van der Waals surface area contributed by atoms with Gasteiger partial charge in [-0.25, -0.2) is 24.7 Å². The smallest absolute Gasteiger partial charge is 0.335 e. The summed E-state index contributed by atoms with van der Waals surface area (Å²) in [6.45, 7) is 1.04. The lowest BCUT2D eigenvalue weighted by molar-refractivity contribution is 0.0697. The molecule has 8 rings (SSSR count). The molecule has 0 fully saturated rings. The summed E-state index contributed by atoms with van der Waals surface area (Å²) in [7, 11) is 0. The van der Waals surface area contributed by atoms with Gasteiger partial charge in [0, 0.05) is 11.5 Å². The van der Waals surface area contributed by atoms with E-state index in [0.29, 0.717) is 13.1 Å². The van der Waals surface area contributed by atoms with Gasteiger partial charge in [-0.05, 0) is 76.8 Å². The van der Waals surface area contributed by atoms with E-state index in [4.69, 9.17) is 21.5 Å². The number of rotatable bonds is 5. The number of fused-ring (bicyclic) bond motifs is 4. The maximum atomic E-state index is 10.5. The van der Waals surface area contributed by atoms with Gasteiger partial charge in [0.05, 0.1) is 88.2 Å². The molecule has 0 spiro atoms. The van der Waals surface area contributed by atoms with Crippen molar-refractivity contribution in [3.63, 3.8) is 0 Å². The van der Waals surface area contributed by atoms with Crippen LogP contribution in [-0.2, 0) is 19.7 Å². The standard InChI is InChI=1S/C8H7N5.C8H9N3.C8H6N2O2.C8H8N2O/c9-13-12-4-6-1-2-7-8(3-6)11-5-10-7;9-4-6-1-2-7-8(3-6)11-5-10-7;11-8(12)5-1-2-6-7(3-5)10-4-9-6;11-4-6-1-2-7-8(3-6)10-5-9-7/h1-3,5H,4H2,(H,10,11);1-3,5H,4,9H2,(H,10,11);1-4H,(H,9,10)(H,11,12);1-3,5,11H,4H2,(H,9,10). The van der Waals surface area contributed by atoms with Crippen LogP contribution in [0.15, 0.2) is 103 Å². The van der Waals surface area contributed by atoms with Crippen LogP contribution in [0.2, 0.25) is 0 Å². The molecule has 0 saturated heterocycles. The van der Waals surface area contributed by atoms with Crippen LogP contribution in [0.3, 0.4) is 0 Å². The lowest BCUT2D eigenvalue weighted by Gasteiger charge is -1.94. The molecule has 4 heterocycles. The van der Waals surface area contributed by atoms with E-state index in [2.05, 4.69) is 49.9 Å². The van der Waals surface area contributed by atoms with Crippen LogP contribution < -0.4 is 5.73 Å². The van der Waals surface area contributed by atoms with E-state index in [1.165, 1.54) is 12.4 Å². The summed E-state index contributed by atoms with van der Waals surface area (Å²) in [6.07, 6.45) is 6.51. The monoisotopic (exact) mass is 630 g/mol. The maximum absolute atomic E-state index is 10.5. The van der Waals surface area contributed by atoms with Crippen LogP contribution in [0.5, 0.6) is 0 Å². The first-order valence-electron chi connectivity index (χ1n) is 14.2. The number of aromatic amines is 4. The van der Waals surface area contributed by atoms with Crippen LogP contribution in [0.4, 0.5) is 0 Å². The number of nitrogens with one attached hydrogen (secondary N) is 4. The Morgan fingerprint density at radius 2 is 1.11 bits per heavy atom. The van der Waals surface area contributed by atoms with E-state index in [0.717, 1.165) is 60.8 Å². The number of azide groups is 1. The molecular weight excluding hydrogens is 600 g/mol. The third kappa shape index (κ3) is 8.34. The molecule has 0 radical (unpaired) electrons. The number of nitrogens with two attached hydrogens (primary N) is 1. The molecule has 0 unspecified atom stereocenters. The highest BCUT2D eigenvalue weighted by atomic mass is 16.4. The summed E-state index contributed by atoms with van der Waals surface area (Å²) in [4.78, 5) is 41.3. The van der Waals surface area contributed by atoms with Gasteiger partial charge >= 0.3 is 5.97 Å². The fourth-order valence-electron chi connectivity index (χ4n) is 4.45. The summed E-state index contributed by atoms with van der Waals surface area (Å²) < 4.78 is 0. The number of aromatic nitrogens is 8. The zero-order valence-corrected chi connectivity index (χ0v) is 24.9. The van der Waals surface area contributed by atoms with Crippen molar-refractivity contribution in [2.45, 2.75) is 19.7 Å². The van der Waals surface area contributed by atoms with Crippen LogP contribution in [0, 0.1) is 0 Å². The minimum Gasteiger partial charge on any atom is -0.478 e. The Bertz CT molecular complexity index is 2200. The summed E-state index contributed by atoms with van der Waals surface area (Å²) in [5.74, 6) is -0.925. The van der Waals surface area contributed by atoms with Crippen molar-refractivity contribution < 1.29 is 15.0 Å². The molecule has 8 aromatic rings. The van der Waals surface area contributed by atoms with Gasteiger partial charge in [-0.1, -0.05) is 23.3 Å². The molecule has 0 aliphatic rings. The third-order valence-corrected chi connectivity index (χ3v) is 6.86. The van der Waals surface area contributed by atoms with Crippen molar-refractivity contribution in [3.8, 4) is 0 Å². The Balaban J connectivity index is 0.000000123. The molecule has 15 heteroatoms. The topological polar surface area (TPSA) is 247 Å². The van der Waals surface area contributed by atoms with Gasteiger partial charge in [0.1, 0.15) is 0 Å². The van der Waals surface area contributed by atoms with Gasteiger partial charge in [-0.2, -0.15) is 0 Å². The number of carbonyl (C=O) groups is 1. The van der Waals surface area contributed by atoms with Gasteiger partial charge in [0.15, 0.2) is 0 Å². The predicted molar refractivity (Wildman–Crippen MR) is 178 cm³/mol. The number of nitrogens with zero attached hydrogens (tertiary/aromatic N) is 7. The maximum Gasteiger partial charge on any atom is 0.335 e. The van der Waals surface area contributed by atoms with Gasteiger partial charge in [-0.3, -0.25) is 0 Å². The van der Waals surface area contributed by atoms with Crippen molar-refractivity contribution in [1.29, 1.82) is 0 Å². The predicted octanol–water partition coefficient (Wildman–Crippen LogP) is 5.71. The lowest BCUT2D eigenvalue weighted by atomic mass is 10.2. The Labute approximate surface area is 266 Å². The Kier molecular flexibility index (Phi) is 10.5. The molecule has 0 aliphatic carbocycles. The van der Waals surface area contributed by atoms with Gasteiger partial charge in [-0.15, -0.1) is 0 Å². The number of aliphatic hydroxyl groups excluding tert-OH is 1. The van der Waals surface area contributed by atoms with E-state index in [1.807, 2.05) is 54.6 Å². The van der Waals surface area contributed by atoms with E-state index < -0.39 is 5.97 Å². The second-order valence-corrected chi connectivity index (χ2v) is 9.95. The SMILES string of the molecule is NCc1ccc2nc[nH]c2c1.O=C(O)c1ccc2nc[nH]c2c1.OCc1ccc2nc[nH]c2c1.[N-]=[N+]=NCc1ccc2nc[nH]c2c1. The number of imidazole rings is 4. The zero-order chi connectivity index (χ0) is 33.0. The van der Waals surface area contributed by atoms with Crippen molar-refractivity contribution in [1.82, 2.24) is 39.9 Å². The third-order valence-electron chi connectivity index (χ3n) is 6.86. The van der Waals surface area contributed by atoms with E-state index in [1.54, 1.807) is 31.1 Å². The number of H-pyrrole nitrogens is 4. The second-order valence-electron chi connectivity index (χ2n) is 9.95.